The van der Waals surface area contributed by atoms with Crippen molar-refractivity contribution >= 4 is 46.2 Å². The highest BCUT2D eigenvalue weighted by molar-refractivity contribution is 8.18. The molecule has 8 heteroatoms. The summed E-state index contributed by atoms with van der Waals surface area (Å²) >= 11 is 7.75. The number of carbonyl (C=O) groups is 1. The molecule has 0 unspecified atom stereocenters. The largest absolute Gasteiger partial charge is 0.494 e. The van der Waals surface area contributed by atoms with Gasteiger partial charge in [0.2, 0.25) is 0 Å². The minimum absolute atomic E-state index is 0.0893. The number of nitrogens with zero attached hydrogens (tertiary/aromatic N) is 2. The van der Waals surface area contributed by atoms with Crippen LogP contribution >= 0.6 is 23.4 Å². The second kappa shape index (κ2) is 11.8. The number of amidine groups is 1. The molecule has 0 aromatic heterocycles. The molecule has 0 bridgehead atoms. The monoisotopic (exact) mass is 486 g/mol. The average molecular weight is 487 g/mol. The lowest BCUT2D eigenvalue weighted by atomic mass is 10.1. The molecule has 0 spiro atoms. The van der Waals surface area contributed by atoms with E-state index in [0.29, 0.717) is 46.4 Å². The highest BCUT2D eigenvalue weighted by atomic mass is 35.5. The molecule has 2 aromatic carbocycles. The Morgan fingerprint density at radius 2 is 1.94 bits per heavy atom. The van der Waals surface area contributed by atoms with Crippen LogP contribution in [0.5, 0.6) is 17.2 Å². The van der Waals surface area contributed by atoms with E-state index in [1.54, 1.807) is 36.3 Å². The van der Waals surface area contributed by atoms with Crippen molar-refractivity contribution in [1.29, 1.82) is 0 Å². The molecule has 0 radical (unpaired) electrons. The summed E-state index contributed by atoms with van der Waals surface area (Å²) in [7, 11) is 1.55. The molecule has 0 saturated carbocycles. The first-order valence-corrected chi connectivity index (χ1v) is 11.8. The number of thioether (sulfide) groups is 1. The highest BCUT2D eigenvalue weighted by Gasteiger charge is 2.33. The third-order valence-corrected chi connectivity index (χ3v) is 5.89. The van der Waals surface area contributed by atoms with Gasteiger partial charge in [0.25, 0.3) is 5.91 Å². The third-order valence-electron chi connectivity index (χ3n) is 4.60. The molecule has 0 atom stereocenters. The zero-order valence-electron chi connectivity index (χ0n) is 19.0. The van der Waals surface area contributed by atoms with Crippen molar-refractivity contribution in [3.8, 4) is 17.2 Å². The lowest BCUT2D eigenvalue weighted by Crippen LogP contribution is -2.29. The van der Waals surface area contributed by atoms with E-state index in [1.807, 2.05) is 38.1 Å². The van der Waals surface area contributed by atoms with Crippen molar-refractivity contribution in [3.63, 3.8) is 0 Å². The highest BCUT2D eigenvalue weighted by Crippen LogP contribution is 2.39. The van der Waals surface area contributed by atoms with E-state index in [1.165, 1.54) is 11.8 Å². The summed E-state index contributed by atoms with van der Waals surface area (Å²) in [5.41, 5.74) is 1.49. The zero-order chi connectivity index (χ0) is 23.8. The number of carbonyl (C=O) groups excluding carboxylic acids is 1. The van der Waals surface area contributed by atoms with E-state index in [0.717, 1.165) is 23.4 Å². The summed E-state index contributed by atoms with van der Waals surface area (Å²) in [6.45, 7) is 9.11. The predicted molar refractivity (Wildman–Crippen MR) is 136 cm³/mol. The maximum absolute atomic E-state index is 13.1. The minimum atomic E-state index is -0.0893. The van der Waals surface area contributed by atoms with Crippen molar-refractivity contribution in [2.24, 2.45) is 4.99 Å². The second-order valence-corrected chi connectivity index (χ2v) is 8.44. The van der Waals surface area contributed by atoms with Crippen LogP contribution in [0, 0.1) is 0 Å². The number of rotatable bonds is 10. The van der Waals surface area contributed by atoms with Crippen LogP contribution in [0.25, 0.3) is 6.08 Å². The fourth-order valence-corrected chi connectivity index (χ4v) is 4.46. The molecule has 6 nitrogen and oxygen atoms in total. The molecule has 1 heterocycles. The Morgan fingerprint density at radius 1 is 1.18 bits per heavy atom. The van der Waals surface area contributed by atoms with Gasteiger partial charge in [0.15, 0.2) is 16.7 Å². The zero-order valence-corrected chi connectivity index (χ0v) is 20.5. The number of aliphatic imine (C=N–C) groups is 1. The molecule has 2 aromatic rings. The molecule has 3 rings (SSSR count). The molecular weight excluding hydrogens is 460 g/mol. The van der Waals surface area contributed by atoms with Crippen molar-refractivity contribution in [2.75, 3.05) is 26.9 Å². The Morgan fingerprint density at radius 3 is 2.58 bits per heavy atom. The second-order valence-electron chi connectivity index (χ2n) is 7.02. The van der Waals surface area contributed by atoms with Gasteiger partial charge in [-0.05, 0) is 73.1 Å². The van der Waals surface area contributed by atoms with Crippen molar-refractivity contribution in [3.05, 3.63) is 64.5 Å². The third kappa shape index (κ3) is 6.12. The number of methoxy groups -OCH3 is 1. The first kappa shape index (κ1) is 24.7. The van der Waals surface area contributed by atoms with Crippen LogP contribution in [0.3, 0.4) is 0 Å². The topological polar surface area (TPSA) is 60.4 Å². The molecule has 1 aliphatic rings. The maximum atomic E-state index is 13.1. The van der Waals surface area contributed by atoms with Crippen molar-refractivity contribution in [1.82, 2.24) is 4.90 Å². The summed E-state index contributed by atoms with van der Waals surface area (Å²) in [6.07, 6.45) is 4.24. The van der Waals surface area contributed by atoms with E-state index in [4.69, 9.17) is 30.8 Å². The van der Waals surface area contributed by atoms with Gasteiger partial charge < -0.3 is 14.2 Å². The van der Waals surface area contributed by atoms with Gasteiger partial charge >= 0.3 is 0 Å². The number of benzene rings is 2. The lowest BCUT2D eigenvalue weighted by molar-refractivity contribution is -0.122. The van der Waals surface area contributed by atoms with Crippen molar-refractivity contribution in [2.45, 2.75) is 20.3 Å². The van der Waals surface area contributed by atoms with E-state index >= 15 is 0 Å². The lowest BCUT2D eigenvalue weighted by Gasteiger charge is -2.14. The van der Waals surface area contributed by atoms with Gasteiger partial charge in [0.1, 0.15) is 12.4 Å². The van der Waals surface area contributed by atoms with Gasteiger partial charge in [0, 0.05) is 6.54 Å². The number of ether oxygens (including phenoxy) is 3. The Balaban J connectivity index is 1.91. The van der Waals surface area contributed by atoms with E-state index in [9.17, 15) is 4.79 Å². The Bertz CT molecular complexity index is 1070. The number of hydrogen-bond donors (Lipinski definition) is 0. The molecule has 1 fully saturated rings. The summed E-state index contributed by atoms with van der Waals surface area (Å²) in [5.74, 6) is 1.62. The smallest absolute Gasteiger partial charge is 0.266 e. The average Bonchev–Trinajstić information content (AvgIpc) is 3.08. The standard InChI is InChI=1S/C25H27ClN2O4S/c1-5-12-28-24(29)22(33-25(28)27-18-8-10-19(11-9-18)31-7-3)16-17-14-20(26)23(32-13-6-2)21(15-17)30-4/h6,8-11,14-16H,2,5,7,12-13H2,1,3-4H3/b22-16-,27-25?. The molecule has 174 valence electrons. The van der Waals surface area contributed by atoms with Crippen molar-refractivity contribution < 1.29 is 19.0 Å². The van der Waals surface area contributed by atoms with Gasteiger partial charge in [-0.3, -0.25) is 9.69 Å². The number of halogens is 1. The van der Waals surface area contributed by atoms with Gasteiger partial charge in [-0.15, -0.1) is 0 Å². The summed E-state index contributed by atoms with van der Waals surface area (Å²) in [5, 5.41) is 1.04. The normalized spacial score (nSPS) is 15.9. The quantitative estimate of drug-likeness (QED) is 0.290. The number of hydrogen-bond acceptors (Lipinski definition) is 6. The maximum Gasteiger partial charge on any atom is 0.266 e. The van der Waals surface area contributed by atoms with Crippen LogP contribution < -0.4 is 14.2 Å². The molecule has 1 aliphatic heterocycles. The molecule has 1 amide bonds. The number of amides is 1. The fourth-order valence-electron chi connectivity index (χ4n) is 3.16. The van der Waals surface area contributed by atoms with Gasteiger partial charge in [-0.2, -0.15) is 0 Å². The molecule has 0 N–H and O–H groups in total. The van der Waals surface area contributed by atoms with Crippen LogP contribution in [0.2, 0.25) is 5.02 Å². The van der Waals surface area contributed by atoms with Gasteiger partial charge in [-0.25, -0.2) is 4.99 Å². The summed E-state index contributed by atoms with van der Waals surface area (Å²) in [4.78, 5) is 20.1. The SMILES string of the molecule is C=CCOc1c(Cl)cc(/C=C2\SC(=Nc3ccc(OCC)cc3)N(CCC)C2=O)cc1OC. The Labute approximate surface area is 203 Å². The molecule has 1 saturated heterocycles. The van der Waals surface area contributed by atoms with E-state index in [-0.39, 0.29) is 5.91 Å². The predicted octanol–water partition coefficient (Wildman–Crippen LogP) is 6.33. The van der Waals surface area contributed by atoms with Gasteiger partial charge in [-0.1, -0.05) is 31.2 Å². The van der Waals surface area contributed by atoms with Crippen LogP contribution in [-0.2, 0) is 4.79 Å². The minimum Gasteiger partial charge on any atom is -0.494 e. The van der Waals surface area contributed by atoms with E-state index < -0.39 is 0 Å². The van der Waals surface area contributed by atoms with Gasteiger partial charge in [0.05, 0.1) is 29.3 Å². The fraction of sp³-hybridized carbons (Fsp3) is 0.280. The van der Waals surface area contributed by atoms with Crippen LogP contribution in [0.15, 0.2) is 59.0 Å². The van der Waals surface area contributed by atoms with Crippen LogP contribution in [0.4, 0.5) is 5.69 Å². The molecule has 33 heavy (non-hydrogen) atoms. The summed E-state index contributed by atoms with van der Waals surface area (Å²) in [6, 6.07) is 11.0. The summed E-state index contributed by atoms with van der Waals surface area (Å²) < 4.78 is 16.5. The van der Waals surface area contributed by atoms with E-state index in [2.05, 4.69) is 6.58 Å². The Kier molecular flexibility index (Phi) is 8.86. The first-order chi connectivity index (χ1) is 16.0. The van der Waals surface area contributed by atoms with Crippen LogP contribution in [-0.4, -0.2) is 42.8 Å². The van der Waals surface area contributed by atoms with Crippen LogP contribution in [0.1, 0.15) is 25.8 Å². The molecular formula is C25H27ClN2O4S. The Hall–Kier alpha value is -2.90. The molecule has 0 aliphatic carbocycles. The first-order valence-electron chi connectivity index (χ1n) is 10.6.